The van der Waals surface area contributed by atoms with Crippen LogP contribution >= 0.6 is 0 Å². The fraction of sp³-hybridized carbons (Fsp3) is 0.526. The number of ether oxygens (including phenoxy) is 1. The number of hydrogen-bond acceptors (Lipinski definition) is 3. The van der Waals surface area contributed by atoms with Crippen molar-refractivity contribution in [1.82, 2.24) is 4.57 Å². The second kappa shape index (κ2) is 6.75. The van der Waals surface area contributed by atoms with E-state index in [2.05, 4.69) is 12.1 Å². The number of benzene rings is 1. The van der Waals surface area contributed by atoms with Crippen LogP contribution in [0.5, 0.6) is 0 Å². The van der Waals surface area contributed by atoms with Crippen molar-refractivity contribution in [2.45, 2.75) is 51.6 Å². The van der Waals surface area contributed by atoms with Gasteiger partial charge in [-0.05, 0) is 37.3 Å². The summed E-state index contributed by atoms with van der Waals surface area (Å²) < 4.78 is 7.10. The standard InChI is InChI=1S/C19H25NO3/c1-3-23-19(22)18-15-10-9-14(13-7-5-4-6-8-13)11-16(15)20(2)17(18)12-21/h9-11,13,21H,3-8,12H2,1-2H3. The molecule has 1 aromatic carbocycles. The van der Waals surface area contributed by atoms with Crippen molar-refractivity contribution in [3.05, 3.63) is 35.0 Å². The summed E-state index contributed by atoms with van der Waals surface area (Å²) >= 11 is 0. The monoisotopic (exact) mass is 315 g/mol. The van der Waals surface area contributed by atoms with Gasteiger partial charge < -0.3 is 14.4 Å². The van der Waals surface area contributed by atoms with Gasteiger partial charge in [-0.2, -0.15) is 0 Å². The van der Waals surface area contributed by atoms with E-state index in [0.29, 0.717) is 23.8 Å². The Kier molecular flexibility index (Phi) is 4.71. The number of aryl methyl sites for hydroxylation is 1. The maximum absolute atomic E-state index is 12.3. The summed E-state index contributed by atoms with van der Waals surface area (Å²) in [5.41, 5.74) is 3.47. The third-order valence-corrected chi connectivity index (χ3v) is 5.05. The number of carbonyl (C=O) groups excluding carboxylic acids is 1. The molecule has 4 nitrogen and oxygen atoms in total. The molecule has 3 rings (SSSR count). The Bertz CT molecular complexity index is 711. The van der Waals surface area contributed by atoms with Crippen LogP contribution in [0.2, 0.25) is 0 Å². The number of aliphatic hydroxyl groups is 1. The molecular weight excluding hydrogens is 290 g/mol. The second-order valence-corrected chi connectivity index (χ2v) is 6.37. The first-order valence-electron chi connectivity index (χ1n) is 8.56. The Morgan fingerprint density at radius 3 is 2.70 bits per heavy atom. The van der Waals surface area contributed by atoms with E-state index in [1.807, 2.05) is 17.7 Å². The molecule has 1 N–H and O–H groups in total. The van der Waals surface area contributed by atoms with Gasteiger partial charge in [-0.1, -0.05) is 31.4 Å². The van der Waals surface area contributed by atoms with Crippen molar-refractivity contribution in [2.24, 2.45) is 7.05 Å². The Balaban J connectivity index is 2.09. The maximum atomic E-state index is 12.3. The molecule has 0 atom stereocenters. The van der Waals surface area contributed by atoms with Gasteiger partial charge in [-0.3, -0.25) is 0 Å². The summed E-state index contributed by atoms with van der Waals surface area (Å²) in [6.45, 7) is 1.96. The minimum absolute atomic E-state index is 0.169. The van der Waals surface area contributed by atoms with Gasteiger partial charge >= 0.3 is 5.97 Å². The third kappa shape index (κ3) is 2.88. The van der Waals surface area contributed by atoms with Crippen LogP contribution in [-0.4, -0.2) is 22.2 Å². The van der Waals surface area contributed by atoms with Crippen LogP contribution in [0, 0.1) is 0 Å². The van der Waals surface area contributed by atoms with Gasteiger partial charge in [0, 0.05) is 18.0 Å². The molecule has 0 radical (unpaired) electrons. The van der Waals surface area contributed by atoms with Crippen molar-refractivity contribution < 1.29 is 14.6 Å². The van der Waals surface area contributed by atoms with Gasteiger partial charge in [0.25, 0.3) is 0 Å². The number of aliphatic hydroxyl groups excluding tert-OH is 1. The number of carbonyl (C=O) groups is 1. The molecule has 1 aromatic heterocycles. The molecule has 1 aliphatic carbocycles. The Hall–Kier alpha value is -1.81. The highest BCUT2D eigenvalue weighted by atomic mass is 16.5. The summed E-state index contributed by atoms with van der Waals surface area (Å²) in [7, 11) is 1.90. The van der Waals surface area contributed by atoms with E-state index in [1.54, 1.807) is 6.92 Å². The van der Waals surface area contributed by atoms with Gasteiger partial charge in [0.05, 0.1) is 24.5 Å². The molecule has 1 fully saturated rings. The number of aromatic nitrogens is 1. The van der Waals surface area contributed by atoms with Gasteiger partial charge in [0.1, 0.15) is 0 Å². The quantitative estimate of drug-likeness (QED) is 0.871. The lowest BCUT2D eigenvalue weighted by atomic mass is 9.84. The molecule has 2 aromatic rings. The van der Waals surface area contributed by atoms with Crippen LogP contribution in [0.25, 0.3) is 10.9 Å². The van der Waals surface area contributed by atoms with Gasteiger partial charge in [0.2, 0.25) is 0 Å². The van der Waals surface area contributed by atoms with E-state index >= 15 is 0 Å². The summed E-state index contributed by atoms with van der Waals surface area (Å²) in [4.78, 5) is 12.3. The highest BCUT2D eigenvalue weighted by Gasteiger charge is 2.23. The van der Waals surface area contributed by atoms with Crippen LogP contribution < -0.4 is 0 Å². The molecule has 23 heavy (non-hydrogen) atoms. The van der Waals surface area contributed by atoms with Crippen molar-refractivity contribution in [3.63, 3.8) is 0 Å². The van der Waals surface area contributed by atoms with Crippen molar-refractivity contribution in [1.29, 1.82) is 0 Å². The predicted octanol–water partition coefficient (Wildman–Crippen LogP) is 3.90. The highest BCUT2D eigenvalue weighted by Crippen LogP contribution is 2.35. The lowest BCUT2D eigenvalue weighted by Crippen LogP contribution is -2.08. The molecule has 0 aliphatic heterocycles. The number of esters is 1. The summed E-state index contributed by atoms with van der Waals surface area (Å²) in [5, 5.41) is 10.6. The van der Waals surface area contributed by atoms with Crippen LogP contribution in [0.15, 0.2) is 18.2 Å². The largest absolute Gasteiger partial charge is 0.462 e. The highest BCUT2D eigenvalue weighted by molar-refractivity contribution is 6.06. The van der Waals surface area contributed by atoms with Gasteiger partial charge in [-0.25, -0.2) is 4.79 Å². The van der Waals surface area contributed by atoms with Crippen LogP contribution in [-0.2, 0) is 18.4 Å². The molecule has 0 unspecified atom stereocenters. The Morgan fingerprint density at radius 1 is 1.30 bits per heavy atom. The smallest absolute Gasteiger partial charge is 0.340 e. The average molecular weight is 315 g/mol. The number of hydrogen-bond donors (Lipinski definition) is 1. The summed E-state index contributed by atoms with van der Waals surface area (Å²) in [6.07, 6.45) is 6.42. The van der Waals surface area contributed by atoms with E-state index in [0.717, 1.165) is 10.9 Å². The maximum Gasteiger partial charge on any atom is 0.340 e. The molecule has 1 saturated carbocycles. The fourth-order valence-corrected chi connectivity index (χ4v) is 3.81. The van der Waals surface area contributed by atoms with Crippen molar-refractivity contribution in [2.75, 3.05) is 6.61 Å². The predicted molar refractivity (Wildman–Crippen MR) is 90.6 cm³/mol. The minimum Gasteiger partial charge on any atom is -0.462 e. The lowest BCUT2D eigenvalue weighted by Gasteiger charge is -2.22. The average Bonchev–Trinajstić information content (AvgIpc) is 2.87. The Morgan fingerprint density at radius 2 is 2.04 bits per heavy atom. The lowest BCUT2D eigenvalue weighted by molar-refractivity contribution is 0.0524. The first kappa shape index (κ1) is 16.1. The van der Waals surface area contributed by atoms with E-state index in [9.17, 15) is 9.90 Å². The topological polar surface area (TPSA) is 51.5 Å². The summed E-state index contributed by atoms with van der Waals surface area (Å²) in [6, 6.07) is 6.35. The van der Waals surface area contributed by atoms with Crippen LogP contribution in [0.1, 0.15) is 66.6 Å². The minimum atomic E-state index is -0.354. The fourth-order valence-electron chi connectivity index (χ4n) is 3.81. The van der Waals surface area contributed by atoms with Crippen LogP contribution in [0.4, 0.5) is 0 Å². The van der Waals surface area contributed by atoms with E-state index < -0.39 is 0 Å². The zero-order valence-corrected chi connectivity index (χ0v) is 14.0. The van der Waals surface area contributed by atoms with Crippen molar-refractivity contribution in [3.8, 4) is 0 Å². The zero-order valence-electron chi connectivity index (χ0n) is 14.0. The van der Waals surface area contributed by atoms with Crippen LogP contribution in [0.3, 0.4) is 0 Å². The molecule has 0 saturated heterocycles. The normalized spacial score (nSPS) is 16.0. The molecule has 0 amide bonds. The van der Waals surface area contributed by atoms with E-state index in [1.165, 1.54) is 37.7 Å². The third-order valence-electron chi connectivity index (χ3n) is 5.05. The number of nitrogens with zero attached hydrogens (tertiary/aromatic N) is 1. The first-order chi connectivity index (χ1) is 11.2. The molecular formula is C19H25NO3. The first-order valence-corrected chi connectivity index (χ1v) is 8.56. The molecule has 4 heteroatoms. The van der Waals surface area contributed by atoms with Gasteiger partial charge in [0.15, 0.2) is 0 Å². The number of fused-ring (bicyclic) bond motifs is 1. The Labute approximate surface area is 137 Å². The number of rotatable bonds is 4. The van der Waals surface area contributed by atoms with E-state index in [4.69, 9.17) is 4.74 Å². The summed E-state index contributed by atoms with van der Waals surface area (Å²) in [5.74, 6) is 0.263. The van der Waals surface area contributed by atoms with Crippen molar-refractivity contribution >= 4 is 16.9 Å². The molecule has 124 valence electrons. The molecule has 1 heterocycles. The van der Waals surface area contributed by atoms with E-state index in [-0.39, 0.29) is 12.6 Å². The zero-order chi connectivity index (χ0) is 16.4. The molecule has 0 bridgehead atoms. The molecule has 0 spiro atoms. The molecule has 1 aliphatic rings. The SMILES string of the molecule is CCOC(=O)c1c(CO)n(C)c2cc(C3CCCCC3)ccc12. The second-order valence-electron chi connectivity index (χ2n) is 6.37. The van der Waals surface area contributed by atoms with Gasteiger partial charge in [-0.15, -0.1) is 0 Å².